The van der Waals surface area contributed by atoms with Crippen molar-refractivity contribution in [1.29, 1.82) is 0 Å². The van der Waals surface area contributed by atoms with E-state index in [1.807, 2.05) is 0 Å². The SMILES string of the molecule is NS(=O)(=O)c1cccc(Sc2cnc(Cl)cn2)c1Cl. The molecule has 0 aliphatic heterocycles. The second kappa shape index (κ2) is 5.64. The first-order valence-corrected chi connectivity index (χ1v) is 7.96. The van der Waals surface area contributed by atoms with Crippen LogP contribution in [0.3, 0.4) is 0 Å². The summed E-state index contributed by atoms with van der Waals surface area (Å²) in [6.07, 6.45) is 2.86. The zero-order valence-corrected chi connectivity index (χ0v) is 12.4. The van der Waals surface area contributed by atoms with Gasteiger partial charge in [0.15, 0.2) is 0 Å². The van der Waals surface area contributed by atoms with Gasteiger partial charge in [-0.3, -0.25) is 0 Å². The third-order valence-electron chi connectivity index (χ3n) is 2.05. The number of nitrogens with zero attached hydrogens (tertiary/aromatic N) is 2. The summed E-state index contributed by atoms with van der Waals surface area (Å²) in [6.45, 7) is 0. The number of hydrogen-bond acceptors (Lipinski definition) is 5. The molecular weight excluding hydrogens is 329 g/mol. The van der Waals surface area contributed by atoms with Crippen molar-refractivity contribution in [3.63, 3.8) is 0 Å². The van der Waals surface area contributed by atoms with Gasteiger partial charge in [0, 0.05) is 4.90 Å². The highest BCUT2D eigenvalue weighted by molar-refractivity contribution is 7.99. The first kappa shape index (κ1) is 14.5. The second-order valence-corrected chi connectivity index (χ2v) is 6.75. The first-order chi connectivity index (χ1) is 8.88. The van der Waals surface area contributed by atoms with E-state index in [2.05, 4.69) is 9.97 Å². The molecule has 0 aliphatic rings. The van der Waals surface area contributed by atoms with Crippen molar-refractivity contribution >= 4 is 45.0 Å². The zero-order chi connectivity index (χ0) is 14.0. The maximum Gasteiger partial charge on any atom is 0.239 e. The molecular formula is C10H7Cl2N3O2S2. The summed E-state index contributed by atoms with van der Waals surface area (Å²) in [5.74, 6) is 0. The van der Waals surface area contributed by atoms with Gasteiger partial charge in [0.1, 0.15) is 15.1 Å². The van der Waals surface area contributed by atoms with Gasteiger partial charge < -0.3 is 0 Å². The van der Waals surface area contributed by atoms with Gasteiger partial charge in [-0.25, -0.2) is 23.5 Å². The maximum atomic E-state index is 11.3. The lowest BCUT2D eigenvalue weighted by molar-refractivity contribution is 0.597. The summed E-state index contributed by atoms with van der Waals surface area (Å²) >= 11 is 12.8. The standard InChI is InChI=1S/C10H7Cl2N3O2S2/c11-8-4-15-9(5-14-8)18-6-2-1-3-7(10(6)12)19(13,16)17/h1-5H,(H2,13,16,17). The minimum Gasteiger partial charge on any atom is -0.245 e. The van der Waals surface area contributed by atoms with Crippen LogP contribution in [0.15, 0.2) is 45.4 Å². The second-order valence-electron chi connectivity index (χ2n) is 3.39. The Bertz CT molecular complexity index is 705. The summed E-state index contributed by atoms with van der Waals surface area (Å²) in [5.41, 5.74) is 0. The average Bonchev–Trinajstić information content (AvgIpc) is 2.33. The van der Waals surface area contributed by atoms with E-state index in [9.17, 15) is 8.42 Å². The van der Waals surface area contributed by atoms with Crippen molar-refractivity contribution in [3.8, 4) is 0 Å². The highest BCUT2D eigenvalue weighted by atomic mass is 35.5. The number of primary sulfonamides is 1. The molecule has 2 N–H and O–H groups in total. The normalized spacial score (nSPS) is 11.5. The van der Waals surface area contributed by atoms with Crippen LogP contribution >= 0.6 is 35.0 Å². The van der Waals surface area contributed by atoms with E-state index < -0.39 is 10.0 Å². The van der Waals surface area contributed by atoms with Crippen LogP contribution in [-0.2, 0) is 10.0 Å². The van der Waals surface area contributed by atoms with E-state index in [0.29, 0.717) is 9.92 Å². The molecule has 2 aromatic rings. The quantitative estimate of drug-likeness (QED) is 0.931. The zero-order valence-electron chi connectivity index (χ0n) is 9.25. The van der Waals surface area contributed by atoms with Crippen molar-refractivity contribution in [1.82, 2.24) is 9.97 Å². The number of benzene rings is 1. The molecule has 0 fully saturated rings. The summed E-state index contributed by atoms with van der Waals surface area (Å²) in [6, 6.07) is 4.56. The fourth-order valence-corrected chi connectivity index (χ4v) is 3.39. The lowest BCUT2D eigenvalue weighted by Gasteiger charge is -2.07. The average molecular weight is 336 g/mol. The third kappa shape index (κ3) is 3.58. The lowest BCUT2D eigenvalue weighted by atomic mass is 10.4. The Hall–Kier alpha value is -0.860. The monoisotopic (exact) mass is 335 g/mol. The number of hydrogen-bond donors (Lipinski definition) is 1. The first-order valence-electron chi connectivity index (χ1n) is 4.84. The molecule has 0 saturated heterocycles. The number of sulfonamides is 1. The van der Waals surface area contributed by atoms with Crippen molar-refractivity contribution in [3.05, 3.63) is 40.8 Å². The molecule has 0 spiro atoms. The molecule has 1 heterocycles. The molecule has 5 nitrogen and oxygen atoms in total. The van der Waals surface area contributed by atoms with Crippen molar-refractivity contribution in [2.45, 2.75) is 14.8 Å². The Kier molecular flexibility index (Phi) is 4.32. The van der Waals surface area contributed by atoms with Crippen LogP contribution in [0, 0.1) is 0 Å². The minimum atomic E-state index is -3.86. The van der Waals surface area contributed by atoms with Crippen LogP contribution < -0.4 is 5.14 Å². The van der Waals surface area contributed by atoms with Gasteiger partial charge in [-0.05, 0) is 12.1 Å². The van der Waals surface area contributed by atoms with Gasteiger partial charge >= 0.3 is 0 Å². The van der Waals surface area contributed by atoms with Crippen molar-refractivity contribution in [2.24, 2.45) is 5.14 Å². The van der Waals surface area contributed by atoms with E-state index >= 15 is 0 Å². The van der Waals surface area contributed by atoms with Gasteiger partial charge in [-0.2, -0.15) is 0 Å². The number of aromatic nitrogens is 2. The number of nitrogens with two attached hydrogens (primary N) is 1. The molecule has 0 bridgehead atoms. The molecule has 0 amide bonds. The van der Waals surface area contributed by atoms with Gasteiger partial charge in [0.25, 0.3) is 0 Å². The molecule has 0 radical (unpaired) electrons. The molecule has 0 aliphatic carbocycles. The highest BCUT2D eigenvalue weighted by Gasteiger charge is 2.16. The summed E-state index contributed by atoms with van der Waals surface area (Å²) in [5, 5.41) is 5.95. The third-order valence-corrected chi connectivity index (χ3v) is 4.81. The van der Waals surface area contributed by atoms with Gasteiger partial charge in [0.2, 0.25) is 10.0 Å². The van der Waals surface area contributed by atoms with E-state index in [-0.39, 0.29) is 15.1 Å². The highest BCUT2D eigenvalue weighted by Crippen LogP contribution is 2.35. The van der Waals surface area contributed by atoms with Crippen LogP contribution in [0.5, 0.6) is 0 Å². The Balaban J connectivity index is 2.39. The molecule has 0 unspecified atom stereocenters. The van der Waals surface area contributed by atoms with E-state index in [0.717, 1.165) is 0 Å². The fraction of sp³-hybridized carbons (Fsp3) is 0. The van der Waals surface area contributed by atoms with Gasteiger partial charge in [-0.1, -0.05) is 41.0 Å². The van der Waals surface area contributed by atoms with E-state index in [1.165, 1.54) is 30.2 Å². The van der Waals surface area contributed by atoms with Crippen LogP contribution in [0.2, 0.25) is 10.2 Å². The Labute approximate surface area is 124 Å². The largest absolute Gasteiger partial charge is 0.245 e. The molecule has 0 saturated carbocycles. The smallest absolute Gasteiger partial charge is 0.239 e. The topological polar surface area (TPSA) is 85.9 Å². The minimum absolute atomic E-state index is 0.0618. The van der Waals surface area contributed by atoms with E-state index in [1.54, 1.807) is 12.1 Å². The van der Waals surface area contributed by atoms with Crippen molar-refractivity contribution < 1.29 is 8.42 Å². The molecule has 1 aromatic carbocycles. The van der Waals surface area contributed by atoms with Crippen LogP contribution in [-0.4, -0.2) is 18.4 Å². The molecule has 2 rings (SSSR count). The van der Waals surface area contributed by atoms with Crippen LogP contribution in [0.1, 0.15) is 0 Å². The van der Waals surface area contributed by atoms with Crippen LogP contribution in [0.4, 0.5) is 0 Å². The number of halogens is 2. The Morgan fingerprint density at radius 2 is 1.89 bits per heavy atom. The molecule has 19 heavy (non-hydrogen) atoms. The summed E-state index contributed by atoms with van der Waals surface area (Å²) in [4.78, 5) is 8.30. The molecule has 9 heteroatoms. The molecule has 1 aromatic heterocycles. The predicted octanol–water partition coefficient (Wildman–Crippen LogP) is 2.58. The summed E-state index contributed by atoms with van der Waals surface area (Å²) < 4.78 is 22.7. The van der Waals surface area contributed by atoms with Crippen molar-refractivity contribution in [2.75, 3.05) is 0 Å². The summed E-state index contributed by atoms with van der Waals surface area (Å²) in [7, 11) is -3.86. The Morgan fingerprint density at radius 3 is 2.47 bits per heavy atom. The maximum absolute atomic E-state index is 11.3. The number of rotatable bonds is 3. The molecule has 100 valence electrons. The predicted molar refractivity (Wildman–Crippen MR) is 74.0 cm³/mol. The van der Waals surface area contributed by atoms with Crippen LogP contribution in [0.25, 0.3) is 0 Å². The molecule has 0 atom stereocenters. The van der Waals surface area contributed by atoms with Gasteiger partial charge in [0.05, 0.1) is 17.4 Å². The van der Waals surface area contributed by atoms with E-state index in [4.69, 9.17) is 28.3 Å². The fourth-order valence-electron chi connectivity index (χ4n) is 1.26. The Morgan fingerprint density at radius 1 is 1.16 bits per heavy atom. The van der Waals surface area contributed by atoms with Gasteiger partial charge in [-0.15, -0.1) is 0 Å². The lowest BCUT2D eigenvalue weighted by Crippen LogP contribution is -2.12.